The van der Waals surface area contributed by atoms with Gasteiger partial charge in [0.2, 0.25) is 5.69 Å². The van der Waals surface area contributed by atoms with E-state index >= 15 is 0 Å². The molecule has 108 valence electrons. The summed E-state index contributed by atoms with van der Waals surface area (Å²) in [4.78, 5) is 0. The smallest absolute Gasteiger partial charge is 0.238 e. The van der Waals surface area contributed by atoms with Crippen LogP contribution >= 0.6 is 22.6 Å². The molecule has 1 aromatic heterocycles. The molecule has 3 rings (SSSR count). The number of hydrogen-bond donors (Lipinski definition) is 0. The summed E-state index contributed by atoms with van der Waals surface area (Å²) in [5.41, 5.74) is 4.94. The van der Waals surface area contributed by atoms with Gasteiger partial charge in [0.15, 0.2) is 7.05 Å². The molecule has 0 aliphatic carbocycles. The Hall–Kier alpha value is -0.890. The van der Waals surface area contributed by atoms with Crippen LogP contribution in [0.4, 0.5) is 0 Å². The van der Waals surface area contributed by atoms with Crippen LogP contribution in [0.3, 0.4) is 0 Å². The molecular formula is C17H16I2N2. The summed E-state index contributed by atoms with van der Waals surface area (Å²) in [6.07, 6.45) is 0. The summed E-state index contributed by atoms with van der Waals surface area (Å²) in [7, 11) is 4.20. The molecule has 0 amide bonds. The molecule has 4 heteroatoms. The van der Waals surface area contributed by atoms with Crippen molar-refractivity contribution in [3.63, 3.8) is 0 Å². The molecule has 1 heterocycles. The highest BCUT2D eigenvalue weighted by molar-refractivity contribution is 14.1. The van der Waals surface area contributed by atoms with Crippen LogP contribution in [0.15, 0.2) is 60.7 Å². The van der Waals surface area contributed by atoms with E-state index in [1.807, 2.05) is 6.07 Å². The molecule has 0 N–H and O–H groups in total. The van der Waals surface area contributed by atoms with Crippen molar-refractivity contribution in [2.24, 2.45) is 14.1 Å². The second-order valence-electron chi connectivity index (χ2n) is 4.84. The van der Waals surface area contributed by atoms with Gasteiger partial charge >= 0.3 is 0 Å². The molecule has 0 bridgehead atoms. The van der Waals surface area contributed by atoms with Gasteiger partial charge in [-0.15, -0.1) is 4.68 Å². The Kier molecular flexibility index (Phi) is 5.43. The van der Waals surface area contributed by atoms with Crippen LogP contribution in [-0.4, -0.2) is 4.68 Å². The quantitative estimate of drug-likeness (QED) is 0.363. The molecular weight excluding hydrogens is 486 g/mol. The topological polar surface area (TPSA) is 8.81 Å². The molecule has 0 fully saturated rings. The Balaban J connectivity index is 0.00000161. The van der Waals surface area contributed by atoms with Crippen molar-refractivity contribution in [3.8, 4) is 22.5 Å². The molecule has 21 heavy (non-hydrogen) atoms. The fourth-order valence-corrected chi connectivity index (χ4v) is 2.98. The minimum absolute atomic E-state index is 0. The molecule has 0 saturated carbocycles. The predicted molar refractivity (Wildman–Crippen MR) is 90.2 cm³/mol. The minimum atomic E-state index is 0. The third kappa shape index (κ3) is 3.31. The van der Waals surface area contributed by atoms with E-state index in [9.17, 15) is 0 Å². The largest absolute Gasteiger partial charge is 1.00 e. The van der Waals surface area contributed by atoms with Crippen molar-refractivity contribution in [3.05, 3.63) is 64.2 Å². The molecule has 2 nitrogen and oxygen atoms in total. The average molecular weight is 502 g/mol. The highest BCUT2D eigenvalue weighted by atomic mass is 127. The van der Waals surface area contributed by atoms with Crippen molar-refractivity contribution < 1.29 is 28.7 Å². The summed E-state index contributed by atoms with van der Waals surface area (Å²) in [6.45, 7) is 0. The van der Waals surface area contributed by atoms with Gasteiger partial charge in [-0.25, -0.2) is 0 Å². The lowest BCUT2D eigenvalue weighted by molar-refractivity contribution is -0.740. The molecule has 0 aliphatic rings. The predicted octanol–water partition coefficient (Wildman–Crippen LogP) is 0.792. The first-order valence-corrected chi connectivity index (χ1v) is 7.62. The molecule has 3 aromatic rings. The second kappa shape index (κ2) is 6.91. The van der Waals surface area contributed by atoms with Crippen LogP contribution in [0.1, 0.15) is 0 Å². The number of benzene rings is 2. The van der Waals surface area contributed by atoms with Gasteiger partial charge in [-0.1, -0.05) is 36.4 Å². The third-order valence-corrected chi connectivity index (χ3v) is 4.28. The summed E-state index contributed by atoms with van der Waals surface area (Å²) in [5.74, 6) is 0. The lowest BCUT2D eigenvalue weighted by atomic mass is 10.1. The van der Waals surface area contributed by atoms with Gasteiger partial charge in [0.05, 0.1) is 7.05 Å². The monoisotopic (exact) mass is 502 g/mol. The number of hydrogen-bond acceptors (Lipinski definition) is 0. The van der Waals surface area contributed by atoms with E-state index in [2.05, 4.69) is 101 Å². The zero-order chi connectivity index (χ0) is 14.1. The molecule has 0 atom stereocenters. The maximum absolute atomic E-state index is 2.35. The van der Waals surface area contributed by atoms with Crippen molar-refractivity contribution in [1.29, 1.82) is 0 Å². The van der Waals surface area contributed by atoms with E-state index in [1.54, 1.807) is 0 Å². The van der Waals surface area contributed by atoms with Crippen molar-refractivity contribution >= 4 is 22.6 Å². The van der Waals surface area contributed by atoms with E-state index in [4.69, 9.17) is 0 Å². The number of halogens is 2. The molecule has 0 radical (unpaired) electrons. The van der Waals surface area contributed by atoms with E-state index in [1.165, 1.54) is 26.1 Å². The number of rotatable bonds is 2. The van der Waals surface area contributed by atoms with E-state index in [0.717, 1.165) is 0 Å². The summed E-state index contributed by atoms with van der Waals surface area (Å²) >= 11 is 2.35. The van der Waals surface area contributed by atoms with Crippen molar-refractivity contribution in [1.82, 2.24) is 4.68 Å². The highest BCUT2D eigenvalue weighted by Crippen LogP contribution is 2.25. The van der Waals surface area contributed by atoms with Gasteiger partial charge in [0, 0.05) is 20.8 Å². The van der Waals surface area contributed by atoms with Crippen LogP contribution in [0.5, 0.6) is 0 Å². The molecule has 0 spiro atoms. The van der Waals surface area contributed by atoms with E-state index < -0.39 is 0 Å². The fourth-order valence-electron chi connectivity index (χ4n) is 2.44. The Labute approximate surface area is 155 Å². The Morgan fingerprint density at radius 1 is 0.905 bits per heavy atom. The van der Waals surface area contributed by atoms with Gasteiger partial charge < -0.3 is 24.0 Å². The van der Waals surface area contributed by atoms with Crippen LogP contribution in [0.2, 0.25) is 0 Å². The Morgan fingerprint density at radius 2 is 1.57 bits per heavy atom. The maximum Gasteiger partial charge on any atom is 0.238 e. The fraction of sp³-hybridized carbons (Fsp3) is 0.118. The Bertz CT molecular complexity index is 749. The zero-order valence-corrected chi connectivity index (χ0v) is 16.2. The molecule has 2 aromatic carbocycles. The molecule has 0 saturated heterocycles. The maximum atomic E-state index is 2.35. The van der Waals surface area contributed by atoms with Crippen LogP contribution < -0.4 is 28.7 Å². The summed E-state index contributed by atoms with van der Waals surface area (Å²) < 4.78 is 5.63. The summed E-state index contributed by atoms with van der Waals surface area (Å²) in [5, 5.41) is 0. The third-order valence-electron chi connectivity index (χ3n) is 3.61. The number of aromatic nitrogens is 2. The molecule has 0 aliphatic heterocycles. The van der Waals surface area contributed by atoms with E-state index in [0.29, 0.717) is 0 Å². The van der Waals surface area contributed by atoms with Gasteiger partial charge in [0.1, 0.15) is 5.69 Å². The normalized spacial score (nSPS) is 10.2. The first-order chi connectivity index (χ1) is 9.66. The minimum Gasteiger partial charge on any atom is -1.00 e. The van der Waals surface area contributed by atoms with Crippen LogP contribution in [0, 0.1) is 3.57 Å². The average Bonchev–Trinajstić information content (AvgIpc) is 2.76. The SMILES string of the molecule is Cn1c(-c2ccccc2)cc(-c2cccc(I)c2)[n+]1C.[I-]. The standard InChI is InChI=1S/C17H16IN2.HI/c1-19-16(13-7-4-3-5-8-13)12-17(20(19)2)14-9-6-10-15(18)11-14;/h3-12H,1-2H3;1H/q+1;/p-1. The second-order valence-corrected chi connectivity index (χ2v) is 6.08. The number of nitrogens with zero attached hydrogens (tertiary/aromatic N) is 2. The first kappa shape index (κ1) is 16.5. The first-order valence-electron chi connectivity index (χ1n) is 6.54. The highest BCUT2D eigenvalue weighted by Gasteiger charge is 2.19. The Morgan fingerprint density at radius 3 is 2.24 bits per heavy atom. The van der Waals surface area contributed by atoms with Gasteiger partial charge in [-0.3, -0.25) is 0 Å². The summed E-state index contributed by atoms with van der Waals surface area (Å²) in [6, 6.07) is 21.3. The van der Waals surface area contributed by atoms with Crippen LogP contribution in [0.25, 0.3) is 22.5 Å². The van der Waals surface area contributed by atoms with E-state index in [-0.39, 0.29) is 24.0 Å². The van der Waals surface area contributed by atoms with Gasteiger partial charge in [-0.2, -0.15) is 4.68 Å². The van der Waals surface area contributed by atoms with Crippen molar-refractivity contribution in [2.45, 2.75) is 0 Å². The molecule has 0 unspecified atom stereocenters. The van der Waals surface area contributed by atoms with Gasteiger partial charge in [0.25, 0.3) is 0 Å². The lowest BCUT2D eigenvalue weighted by Gasteiger charge is -1.99. The van der Waals surface area contributed by atoms with Crippen LogP contribution in [-0.2, 0) is 14.1 Å². The van der Waals surface area contributed by atoms with Crippen molar-refractivity contribution in [2.75, 3.05) is 0 Å². The van der Waals surface area contributed by atoms with Gasteiger partial charge in [-0.05, 0) is 40.8 Å². The lowest BCUT2D eigenvalue weighted by Crippen LogP contribution is -3.00. The zero-order valence-electron chi connectivity index (χ0n) is 11.9.